The van der Waals surface area contributed by atoms with Crippen LogP contribution in [0.25, 0.3) is 0 Å². The van der Waals surface area contributed by atoms with Crippen molar-refractivity contribution in [3.05, 3.63) is 28.8 Å². The Labute approximate surface area is 102 Å². The summed E-state index contributed by atoms with van der Waals surface area (Å²) in [6.45, 7) is 2.35. The van der Waals surface area contributed by atoms with Gasteiger partial charge in [-0.3, -0.25) is 0 Å². The van der Waals surface area contributed by atoms with Gasteiger partial charge in [-0.25, -0.2) is 0 Å². The third-order valence-corrected chi connectivity index (χ3v) is 3.52. The van der Waals surface area contributed by atoms with Gasteiger partial charge in [-0.2, -0.15) is 0 Å². The fraction of sp³-hybridized carbons (Fsp3) is 0.538. The number of hydrogen-bond acceptors (Lipinski definition) is 2. The molecule has 1 atom stereocenters. The lowest BCUT2D eigenvalue weighted by atomic mass is 9.99. The molecule has 1 aliphatic heterocycles. The summed E-state index contributed by atoms with van der Waals surface area (Å²) in [5.74, 6) is 1.59. The van der Waals surface area contributed by atoms with E-state index in [0.29, 0.717) is 5.02 Å². The van der Waals surface area contributed by atoms with Gasteiger partial charge in [0.05, 0.1) is 12.1 Å². The zero-order valence-electron chi connectivity index (χ0n) is 9.63. The number of hydrogen-bond donors (Lipinski definition) is 1. The number of nitrogens with one attached hydrogen (secondary N) is 1. The van der Waals surface area contributed by atoms with Crippen molar-refractivity contribution >= 4 is 11.6 Å². The summed E-state index contributed by atoms with van der Waals surface area (Å²) >= 11 is 6.09. The van der Waals surface area contributed by atoms with Crippen LogP contribution in [0, 0.1) is 5.92 Å². The van der Waals surface area contributed by atoms with Crippen molar-refractivity contribution in [1.29, 1.82) is 0 Å². The summed E-state index contributed by atoms with van der Waals surface area (Å²) in [6.07, 6.45) is 3.66. The maximum absolute atomic E-state index is 6.09. The van der Waals surface area contributed by atoms with E-state index in [-0.39, 0.29) is 0 Å². The molecule has 1 fully saturated rings. The first kappa shape index (κ1) is 11.7. The van der Waals surface area contributed by atoms with Crippen LogP contribution in [0.1, 0.15) is 18.4 Å². The van der Waals surface area contributed by atoms with Crippen molar-refractivity contribution in [3.8, 4) is 5.75 Å². The predicted molar refractivity (Wildman–Crippen MR) is 67.3 cm³/mol. The molecule has 0 bridgehead atoms. The number of rotatable bonds is 4. The number of aryl methyl sites for hydroxylation is 1. The Hall–Kier alpha value is -0.730. The second-order valence-corrected chi connectivity index (χ2v) is 4.77. The van der Waals surface area contributed by atoms with Gasteiger partial charge in [0.15, 0.2) is 0 Å². The highest BCUT2D eigenvalue weighted by Gasteiger charge is 2.14. The number of ether oxygens (including phenoxy) is 1. The van der Waals surface area contributed by atoms with Crippen molar-refractivity contribution < 1.29 is 4.74 Å². The summed E-state index contributed by atoms with van der Waals surface area (Å²) in [6, 6.07) is 6.07. The molecule has 1 aromatic carbocycles. The van der Waals surface area contributed by atoms with E-state index < -0.39 is 0 Å². The first-order valence-corrected chi connectivity index (χ1v) is 6.20. The highest BCUT2D eigenvalue weighted by molar-refractivity contribution is 6.32. The molecule has 2 nitrogen and oxygen atoms in total. The smallest absolute Gasteiger partial charge is 0.137 e. The molecule has 0 aliphatic carbocycles. The fourth-order valence-electron chi connectivity index (χ4n) is 2.20. The van der Waals surface area contributed by atoms with Gasteiger partial charge in [0, 0.05) is 0 Å². The van der Waals surface area contributed by atoms with E-state index in [1.54, 1.807) is 7.11 Å². The Kier molecular flexibility index (Phi) is 4.08. The van der Waals surface area contributed by atoms with Gasteiger partial charge in [-0.1, -0.05) is 17.7 Å². The number of halogens is 1. The maximum Gasteiger partial charge on any atom is 0.137 e. The zero-order chi connectivity index (χ0) is 11.4. The van der Waals surface area contributed by atoms with E-state index in [1.165, 1.54) is 31.5 Å². The van der Waals surface area contributed by atoms with E-state index in [9.17, 15) is 0 Å². The van der Waals surface area contributed by atoms with Gasteiger partial charge >= 0.3 is 0 Å². The molecule has 16 heavy (non-hydrogen) atoms. The first-order valence-electron chi connectivity index (χ1n) is 5.82. The van der Waals surface area contributed by atoms with E-state index in [1.807, 2.05) is 12.1 Å². The molecule has 1 N–H and O–H groups in total. The summed E-state index contributed by atoms with van der Waals surface area (Å²) in [5, 5.41) is 4.10. The van der Waals surface area contributed by atoms with Gasteiger partial charge in [0.1, 0.15) is 5.75 Å². The van der Waals surface area contributed by atoms with Gasteiger partial charge in [0.25, 0.3) is 0 Å². The van der Waals surface area contributed by atoms with E-state index in [4.69, 9.17) is 16.3 Å². The topological polar surface area (TPSA) is 21.3 Å². The Morgan fingerprint density at radius 2 is 2.38 bits per heavy atom. The van der Waals surface area contributed by atoms with Crippen LogP contribution in [0.15, 0.2) is 18.2 Å². The average Bonchev–Trinajstić information content (AvgIpc) is 2.79. The Bertz CT molecular complexity index is 348. The van der Waals surface area contributed by atoms with E-state index in [0.717, 1.165) is 18.1 Å². The molecule has 0 radical (unpaired) electrons. The lowest BCUT2D eigenvalue weighted by Gasteiger charge is -2.09. The second-order valence-electron chi connectivity index (χ2n) is 4.37. The van der Waals surface area contributed by atoms with Crippen molar-refractivity contribution in [2.24, 2.45) is 5.92 Å². The molecule has 0 amide bonds. The van der Waals surface area contributed by atoms with Crippen molar-refractivity contribution in [3.63, 3.8) is 0 Å². The molecule has 3 heteroatoms. The average molecular weight is 240 g/mol. The molecule has 0 spiro atoms. The van der Waals surface area contributed by atoms with E-state index in [2.05, 4.69) is 11.4 Å². The van der Waals surface area contributed by atoms with Crippen molar-refractivity contribution in [1.82, 2.24) is 5.32 Å². The van der Waals surface area contributed by atoms with Crippen LogP contribution in [0.5, 0.6) is 5.75 Å². The molecular formula is C13H18ClNO. The predicted octanol–water partition coefficient (Wildman–Crippen LogP) is 2.89. The Balaban J connectivity index is 1.91. The van der Waals surface area contributed by atoms with Crippen LogP contribution in [0.4, 0.5) is 0 Å². The molecule has 1 aliphatic rings. The minimum atomic E-state index is 0.713. The lowest BCUT2D eigenvalue weighted by molar-refractivity contribution is 0.415. The summed E-state index contributed by atoms with van der Waals surface area (Å²) in [7, 11) is 1.64. The second kappa shape index (κ2) is 5.55. The first-order chi connectivity index (χ1) is 7.79. The number of benzene rings is 1. The number of methoxy groups -OCH3 is 1. The summed E-state index contributed by atoms with van der Waals surface area (Å²) in [5.41, 5.74) is 1.30. The Morgan fingerprint density at radius 3 is 3.00 bits per heavy atom. The molecule has 88 valence electrons. The highest BCUT2D eigenvalue weighted by Crippen LogP contribution is 2.26. The third-order valence-electron chi connectivity index (χ3n) is 3.22. The normalized spacial score (nSPS) is 20.0. The molecule has 1 unspecified atom stereocenters. The molecule has 0 saturated carbocycles. The molecule has 0 aromatic heterocycles. The SMILES string of the molecule is COc1ccc(CCC2CCNC2)cc1Cl. The van der Waals surface area contributed by atoms with Crippen LogP contribution in [-0.4, -0.2) is 20.2 Å². The quantitative estimate of drug-likeness (QED) is 0.873. The standard InChI is InChI=1S/C13H18ClNO/c1-16-13-5-4-10(8-12(13)14)2-3-11-6-7-15-9-11/h4-5,8,11,15H,2-3,6-7,9H2,1H3. The van der Waals surface area contributed by atoms with Crippen LogP contribution < -0.4 is 10.1 Å². The van der Waals surface area contributed by atoms with Crippen LogP contribution in [0.3, 0.4) is 0 Å². The minimum absolute atomic E-state index is 0.713. The largest absolute Gasteiger partial charge is 0.495 e. The van der Waals surface area contributed by atoms with Gasteiger partial charge in [0.2, 0.25) is 0 Å². The van der Waals surface area contributed by atoms with Crippen molar-refractivity contribution in [2.45, 2.75) is 19.3 Å². The Morgan fingerprint density at radius 1 is 1.50 bits per heavy atom. The minimum Gasteiger partial charge on any atom is -0.495 e. The molecule has 1 saturated heterocycles. The van der Waals surface area contributed by atoms with E-state index >= 15 is 0 Å². The summed E-state index contributed by atoms with van der Waals surface area (Å²) in [4.78, 5) is 0. The lowest BCUT2D eigenvalue weighted by Crippen LogP contribution is -2.09. The van der Waals surface area contributed by atoms with Crippen molar-refractivity contribution in [2.75, 3.05) is 20.2 Å². The summed E-state index contributed by atoms with van der Waals surface area (Å²) < 4.78 is 5.14. The van der Waals surface area contributed by atoms with Gasteiger partial charge in [-0.05, 0) is 56.0 Å². The molecule has 1 aromatic rings. The zero-order valence-corrected chi connectivity index (χ0v) is 10.4. The van der Waals surface area contributed by atoms with Crippen LogP contribution in [-0.2, 0) is 6.42 Å². The van der Waals surface area contributed by atoms with Gasteiger partial charge in [-0.15, -0.1) is 0 Å². The highest BCUT2D eigenvalue weighted by atomic mass is 35.5. The monoisotopic (exact) mass is 239 g/mol. The third kappa shape index (κ3) is 2.89. The van der Waals surface area contributed by atoms with Crippen LogP contribution in [0.2, 0.25) is 5.02 Å². The maximum atomic E-state index is 6.09. The van der Waals surface area contributed by atoms with Gasteiger partial charge < -0.3 is 10.1 Å². The fourth-order valence-corrected chi connectivity index (χ4v) is 2.48. The molecule has 2 rings (SSSR count). The van der Waals surface area contributed by atoms with Crippen LogP contribution >= 0.6 is 11.6 Å². The molecular weight excluding hydrogens is 222 g/mol. The molecule has 1 heterocycles.